The van der Waals surface area contributed by atoms with Gasteiger partial charge in [0.15, 0.2) is 0 Å². The number of aryl methyl sites for hydroxylation is 1. The molecule has 0 atom stereocenters. The Kier molecular flexibility index (Phi) is 1.97. The summed E-state index contributed by atoms with van der Waals surface area (Å²) in [5.41, 5.74) is 5.21. The third-order valence-electron chi connectivity index (χ3n) is 3.39. The molecule has 78 valence electrons. The SMILES string of the molecule is C=C1C/C=C\c2ccc3cccc1c3c2C. The van der Waals surface area contributed by atoms with Gasteiger partial charge < -0.3 is 0 Å². The average molecular weight is 206 g/mol. The molecular weight excluding hydrogens is 192 g/mol. The van der Waals surface area contributed by atoms with Crippen molar-refractivity contribution in [3.05, 3.63) is 59.7 Å². The molecular formula is C16H14. The number of benzene rings is 2. The van der Waals surface area contributed by atoms with Crippen LogP contribution in [0.5, 0.6) is 0 Å². The average Bonchev–Trinajstić information content (AvgIpc) is 2.30. The monoisotopic (exact) mass is 206 g/mol. The van der Waals surface area contributed by atoms with E-state index in [-0.39, 0.29) is 0 Å². The van der Waals surface area contributed by atoms with Crippen LogP contribution in [0, 0.1) is 6.92 Å². The van der Waals surface area contributed by atoms with Crippen molar-refractivity contribution in [1.29, 1.82) is 0 Å². The minimum absolute atomic E-state index is 0.946. The molecule has 0 radical (unpaired) electrons. The molecule has 1 aliphatic carbocycles. The van der Waals surface area contributed by atoms with E-state index in [1.807, 2.05) is 0 Å². The predicted octanol–water partition coefficient (Wildman–Crippen LogP) is 4.58. The highest BCUT2D eigenvalue weighted by Gasteiger charge is 2.10. The first-order valence-electron chi connectivity index (χ1n) is 5.64. The van der Waals surface area contributed by atoms with Gasteiger partial charge in [-0.3, -0.25) is 0 Å². The van der Waals surface area contributed by atoms with E-state index in [2.05, 4.69) is 56.0 Å². The van der Waals surface area contributed by atoms with Crippen LogP contribution in [0.4, 0.5) is 0 Å². The fourth-order valence-electron chi connectivity index (χ4n) is 2.49. The Labute approximate surface area is 95.9 Å². The van der Waals surface area contributed by atoms with Crippen molar-refractivity contribution in [3.8, 4) is 0 Å². The number of fused-ring (bicyclic) bond motifs is 1. The van der Waals surface area contributed by atoms with E-state index >= 15 is 0 Å². The molecule has 0 amide bonds. The van der Waals surface area contributed by atoms with Gasteiger partial charge in [-0.1, -0.05) is 49.1 Å². The summed E-state index contributed by atoms with van der Waals surface area (Å²) in [5.74, 6) is 0. The summed E-state index contributed by atoms with van der Waals surface area (Å²) in [4.78, 5) is 0. The van der Waals surface area contributed by atoms with Crippen molar-refractivity contribution in [2.75, 3.05) is 0 Å². The third-order valence-corrected chi connectivity index (χ3v) is 3.39. The molecule has 0 nitrogen and oxygen atoms in total. The van der Waals surface area contributed by atoms with Crippen molar-refractivity contribution < 1.29 is 0 Å². The second-order valence-corrected chi connectivity index (χ2v) is 4.39. The van der Waals surface area contributed by atoms with Crippen molar-refractivity contribution in [1.82, 2.24) is 0 Å². The van der Waals surface area contributed by atoms with E-state index < -0.39 is 0 Å². The van der Waals surface area contributed by atoms with E-state index in [0.717, 1.165) is 6.42 Å². The van der Waals surface area contributed by atoms with Crippen LogP contribution in [0.25, 0.3) is 22.4 Å². The summed E-state index contributed by atoms with van der Waals surface area (Å²) in [5, 5.41) is 2.68. The molecule has 0 saturated heterocycles. The van der Waals surface area contributed by atoms with Gasteiger partial charge in [0.05, 0.1) is 0 Å². The van der Waals surface area contributed by atoms with Crippen molar-refractivity contribution in [2.45, 2.75) is 13.3 Å². The van der Waals surface area contributed by atoms with Crippen LogP contribution in [-0.4, -0.2) is 0 Å². The first-order valence-corrected chi connectivity index (χ1v) is 5.64. The molecule has 0 N–H and O–H groups in total. The number of rotatable bonds is 0. The molecule has 0 spiro atoms. The van der Waals surface area contributed by atoms with Crippen LogP contribution in [0.1, 0.15) is 23.1 Å². The highest BCUT2D eigenvalue weighted by atomic mass is 14.1. The molecule has 0 aromatic heterocycles. The summed E-state index contributed by atoms with van der Waals surface area (Å²) in [7, 11) is 0. The minimum Gasteiger partial charge on any atom is -0.0949 e. The van der Waals surface area contributed by atoms with Gasteiger partial charge in [0.2, 0.25) is 0 Å². The van der Waals surface area contributed by atoms with Gasteiger partial charge in [-0.2, -0.15) is 0 Å². The van der Waals surface area contributed by atoms with Crippen LogP contribution >= 0.6 is 0 Å². The summed E-state index contributed by atoms with van der Waals surface area (Å²) in [6.45, 7) is 6.38. The maximum Gasteiger partial charge on any atom is -0.00735 e. The first-order chi connectivity index (χ1) is 7.77. The van der Waals surface area contributed by atoms with Crippen LogP contribution in [-0.2, 0) is 0 Å². The normalized spacial score (nSPS) is 16.2. The zero-order chi connectivity index (χ0) is 11.1. The molecule has 0 unspecified atom stereocenters. The summed E-state index contributed by atoms with van der Waals surface area (Å²) in [6, 6.07) is 10.9. The second kappa shape index (κ2) is 3.34. The highest BCUT2D eigenvalue weighted by molar-refractivity contribution is 5.98. The van der Waals surface area contributed by atoms with Gasteiger partial charge >= 0.3 is 0 Å². The zero-order valence-electron chi connectivity index (χ0n) is 9.46. The molecule has 0 saturated carbocycles. The Morgan fingerprint density at radius 1 is 1.12 bits per heavy atom. The van der Waals surface area contributed by atoms with E-state index in [0.29, 0.717) is 0 Å². The van der Waals surface area contributed by atoms with Gasteiger partial charge in [-0.15, -0.1) is 0 Å². The molecule has 1 aliphatic rings. The molecule has 0 heterocycles. The Balaban J connectivity index is 2.54. The summed E-state index contributed by atoms with van der Waals surface area (Å²) in [6.07, 6.45) is 5.35. The molecule has 0 heteroatoms. The number of allylic oxidation sites excluding steroid dienone is 2. The van der Waals surface area contributed by atoms with Gasteiger partial charge in [-0.05, 0) is 46.4 Å². The van der Waals surface area contributed by atoms with E-state index in [4.69, 9.17) is 0 Å². The van der Waals surface area contributed by atoms with Crippen LogP contribution in [0.2, 0.25) is 0 Å². The van der Waals surface area contributed by atoms with Crippen LogP contribution in [0.3, 0.4) is 0 Å². The van der Waals surface area contributed by atoms with Gasteiger partial charge in [0.25, 0.3) is 0 Å². The molecule has 0 fully saturated rings. The van der Waals surface area contributed by atoms with E-state index in [1.165, 1.54) is 33.0 Å². The van der Waals surface area contributed by atoms with Crippen LogP contribution in [0.15, 0.2) is 43.0 Å². The lowest BCUT2D eigenvalue weighted by Gasteiger charge is -2.15. The topological polar surface area (TPSA) is 0 Å². The molecule has 3 rings (SSSR count). The maximum absolute atomic E-state index is 4.18. The second-order valence-electron chi connectivity index (χ2n) is 4.39. The molecule has 0 aliphatic heterocycles. The lowest BCUT2D eigenvalue weighted by Crippen LogP contribution is -1.92. The summed E-state index contributed by atoms with van der Waals surface area (Å²) >= 11 is 0. The standard InChI is InChI=1S/C16H14/c1-11-5-3-6-13-9-10-14-7-4-8-15(11)16(14)12(13)2/h3-4,6-10H,1,5H2,2H3/b6-3-. The van der Waals surface area contributed by atoms with E-state index in [9.17, 15) is 0 Å². The number of hydrogen-bond donors (Lipinski definition) is 0. The molecule has 2 bridgehead atoms. The van der Waals surface area contributed by atoms with E-state index in [1.54, 1.807) is 0 Å². The largest absolute Gasteiger partial charge is 0.0949 e. The van der Waals surface area contributed by atoms with Gasteiger partial charge in [0.1, 0.15) is 0 Å². The quantitative estimate of drug-likeness (QED) is 0.592. The number of hydrogen-bond acceptors (Lipinski definition) is 0. The fourth-order valence-corrected chi connectivity index (χ4v) is 2.49. The lowest BCUT2D eigenvalue weighted by atomic mass is 9.89. The van der Waals surface area contributed by atoms with Crippen molar-refractivity contribution in [3.63, 3.8) is 0 Å². The van der Waals surface area contributed by atoms with Gasteiger partial charge in [-0.25, -0.2) is 0 Å². The minimum atomic E-state index is 0.946. The van der Waals surface area contributed by atoms with Gasteiger partial charge in [0, 0.05) is 0 Å². The van der Waals surface area contributed by atoms with Crippen LogP contribution < -0.4 is 0 Å². The zero-order valence-corrected chi connectivity index (χ0v) is 9.46. The highest BCUT2D eigenvalue weighted by Crippen LogP contribution is 2.33. The maximum atomic E-state index is 4.18. The van der Waals surface area contributed by atoms with Crippen molar-refractivity contribution >= 4 is 22.4 Å². The fraction of sp³-hybridized carbons (Fsp3) is 0.125. The molecule has 16 heavy (non-hydrogen) atoms. The Morgan fingerprint density at radius 2 is 2.00 bits per heavy atom. The molecule has 2 aromatic rings. The smallest absolute Gasteiger partial charge is 0.00735 e. The first kappa shape index (κ1) is 9.41. The Morgan fingerprint density at radius 3 is 2.88 bits per heavy atom. The Bertz CT molecular complexity index is 615. The summed E-state index contributed by atoms with van der Waals surface area (Å²) < 4.78 is 0. The third kappa shape index (κ3) is 1.23. The van der Waals surface area contributed by atoms with Crippen molar-refractivity contribution in [2.24, 2.45) is 0 Å². The predicted molar refractivity (Wildman–Crippen MR) is 71.4 cm³/mol. The molecule has 2 aromatic carbocycles. The lowest BCUT2D eigenvalue weighted by molar-refractivity contribution is 1.38. The Hall–Kier alpha value is -1.82.